The van der Waals surface area contributed by atoms with E-state index in [1.54, 1.807) is 0 Å². The molecule has 0 saturated carbocycles. The van der Waals surface area contributed by atoms with Crippen molar-refractivity contribution in [3.63, 3.8) is 0 Å². The molecule has 0 N–H and O–H groups in total. The third kappa shape index (κ3) is 2.05. The minimum Gasteiger partial charge on any atom is -0.370 e. The summed E-state index contributed by atoms with van der Waals surface area (Å²) in [6.45, 7) is 9.07. The minimum absolute atomic E-state index is 0.901. The van der Waals surface area contributed by atoms with Crippen LogP contribution in [0, 0.1) is 19.8 Å². The first-order valence-electron chi connectivity index (χ1n) is 5.63. The van der Waals surface area contributed by atoms with E-state index in [4.69, 9.17) is 0 Å². The van der Waals surface area contributed by atoms with E-state index < -0.39 is 0 Å². The fraction of sp³-hybridized carbons (Fsp3) is 0.538. The van der Waals surface area contributed by atoms with E-state index in [9.17, 15) is 0 Å². The van der Waals surface area contributed by atoms with E-state index in [-0.39, 0.29) is 0 Å². The van der Waals surface area contributed by atoms with Crippen LogP contribution in [0.25, 0.3) is 0 Å². The smallest absolute Gasteiger partial charge is 0.0540 e. The lowest BCUT2D eigenvalue weighted by atomic mass is 9.95. The number of rotatable bonds is 2. The summed E-state index contributed by atoms with van der Waals surface area (Å²) in [7, 11) is 0. The summed E-state index contributed by atoms with van der Waals surface area (Å²) in [4.78, 5) is 2.48. The van der Waals surface area contributed by atoms with E-state index in [1.807, 2.05) is 0 Å². The van der Waals surface area contributed by atoms with Gasteiger partial charge in [0.1, 0.15) is 0 Å². The monoisotopic (exact) mass is 267 g/mol. The first kappa shape index (κ1) is 11.0. The van der Waals surface area contributed by atoms with Crippen LogP contribution in [0.1, 0.15) is 24.5 Å². The Balaban J connectivity index is 2.22. The van der Waals surface area contributed by atoms with Gasteiger partial charge in [-0.05, 0) is 59.3 Å². The van der Waals surface area contributed by atoms with Gasteiger partial charge >= 0.3 is 0 Å². The Kier molecular flexibility index (Phi) is 3.06. The highest BCUT2D eigenvalue weighted by atomic mass is 79.9. The third-order valence-electron chi connectivity index (χ3n) is 3.25. The van der Waals surface area contributed by atoms with Crippen LogP contribution in [0.3, 0.4) is 0 Å². The average molecular weight is 268 g/mol. The Morgan fingerprint density at radius 2 is 2.00 bits per heavy atom. The van der Waals surface area contributed by atoms with Gasteiger partial charge in [0.2, 0.25) is 0 Å². The molecule has 0 atom stereocenters. The van der Waals surface area contributed by atoms with Crippen molar-refractivity contribution in [1.29, 1.82) is 0 Å². The third-order valence-corrected chi connectivity index (χ3v) is 3.85. The predicted octanol–water partition coefficient (Wildman–Crippen LogP) is 3.91. The summed E-state index contributed by atoms with van der Waals surface area (Å²) in [5, 5.41) is 0. The number of benzene rings is 1. The van der Waals surface area contributed by atoms with E-state index in [0.717, 1.165) is 5.92 Å². The topological polar surface area (TPSA) is 3.24 Å². The standard InChI is InChI=1S/C13H18BrN/c1-4-11-7-15(8-11)13-10(3)5-9(2)6-12(13)14/h5-6,11H,4,7-8H2,1-3H3. The Bertz CT molecular complexity index is 344. The van der Waals surface area contributed by atoms with Gasteiger partial charge in [-0.2, -0.15) is 0 Å². The van der Waals surface area contributed by atoms with E-state index in [1.165, 1.54) is 40.8 Å². The molecule has 0 aromatic heterocycles. The second-order valence-electron chi connectivity index (χ2n) is 4.59. The molecule has 0 unspecified atom stereocenters. The Labute approximate surface area is 101 Å². The molecule has 1 aromatic carbocycles. The predicted molar refractivity (Wildman–Crippen MR) is 69.6 cm³/mol. The summed E-state index contributed by atoms with van der Waals surface area (Å²) < 4.78 is 1.24. The van der Waals surface area contributed by atoms with Crippen molar-refractivity contribution in [1.82, 2.24) is 0 Å². The number of nitrogens with zero attached hydrogens (tertiary/aromatic N) is 1. The maximum Gasteiger partial charge on any atom is 0.0540 e. The molecule has 1 nitrogen and oxygen atoms in total. The number of halogens is 1. The maximum absolute atomic E-state index is 3.67. The molecule has 1 aliphatic heterocycles. The largest absolute Gasteiger partial charge is 0.370 e. The summed E-state index contributed by atoms with van der Waals surface area (Å²) in [6, 6.07) is 4.47. The van der Waals surface area contributed by atoms with Gasteiger partial charge in [-0.25, -0.2) is 0 Å². The van der Waals surface area contributed by atoms with Crippen LogP contribution in [-0.2, 0) is 0 Å². The fourth-order valence-corrected chi connectivity index (χ4v) is 3.24. The van der Waals surface area contributed by atoms with Crippen molar-refractivity contribution in [2.24, 2.45) is 5.92 Å². The van der Waals surface area contributed by atoms with Crippen LogP contribution in [0.2, 0.25) is 0 Å². The van der Waals surface area contributed by atoms with Gasteiger partial charge in [0.15, 0.2) is 0 Å². The molecule has 1 aliphatic rings. The van der Waals surface area contributed by atoms with E-state index in [0.29, 0.717) is 0 Å². The van der Waals surface area contributed by atoms with Gasteiger partial charge in [-0.3, -0.25) is 0 Å². The molecule has 1 aromatic rings. The zero-order chi connectivity index (χ0) is 11.0. The minimum atomic E-state index is 0.901. The summed E-state index contributed by atoms with van der Waals surface area (Å²) >= 11 is 3.67. The molecular formula is C13H18BrN. The molecule has 1 heterocycles. The van der Waals surface area contributed by atoms with Crippen LogP contribution < -0.4 is 4.90 Å². The number of anilines is 1. The van der Waals surface area contributed by atoms with Gasteiger partial charge in [-0.15, -0.1) is 0 Å². The first-order valence-corrected chi connectivity index (χ1v) is 6.42. The maximum atomic E-state index is 3.67. The molecule has 0 aliphatic carbocycles. The van der Waals surface area contributed by atoms with Crippen molar-refractivity contribution in [2.45, 2.75) is 27.2 Å². The second kappa shape index (κ2) is 4.17. The van der Waals surface area contributed by atoms with Gasteiger partial charge < -0.3 is 4.90 Å². The van der Waals surface area contributed by atoms with Gasteiger partial charge in [0.05, 0.1) is 5.69 Å². The van der Waals surface area contributed by atoms with Gasteiger partial charge in [-0.1, -0.05) is 13.0 Å². The summed E-state index contributed by atoms with van der Waals surface area (Å²) in [5.74, 6) is 0.901. The molecule has 0 spiro atoms. The molecule has 1 saturated heterocycles. The lowest BCUT2D eigenvalue weighted by Gasteiger charge is -2.42. The molecule has 2 rings (SSSR count). The molecule has 1 fully saturated rings. The van der Waals surface area contributed by atoms with Gasteiger partial charge in [0, 0.05) is 17.6 Å². The van der Waals surface area contributed by atoms with Gasteiger partial charge in [0.25, 0.3) is 0 Å². The molecule has 82 valence electrons. The van der Waals surface area contributed by atoms with Crippen LogP contribution in [0.15, 0.2) is 16.6 Å². The molecule has 2 heteroatoms. The summed E-state index contributed by atoms with van der Waals surface area (Å²) in [5.41, 5.74) is 4.11. The number of hydrogen-bond acceptors (Lipinski definition) is 1. The van der Waals surface area contributed by atoms with Crippen LogP contribution in [-0.4, -0.2) is 13.1 Å². The lowest BCUT2D eigenvalue weighted by molar-refractivity contribution is 0.398. The highest BCUT2D eigenvalue weighted by Crippen LogP contribution is 2.36. The van der Waals surface area contributed by atoms with Crippen molar-refractivity contribution in [3.05, 3.63) is 27.7 Å². The zero-order valence-electron chi connectivity index (χ0n) is 9.68. The SMILES string of the molecule is CCC1CN(c2c(C)cc(C)cc2Br)C1. The van der Waals surface area contributed by atoms with E-state index in [2.05, 4.69) is 53.7 Å². The quantitative estimate of drug-likeness (QED) is 0.786. The second-order valence-corrected chi connectivity index (χ2v) is 5.45. The van der Waals surface area contributed by atoms with Crippen molar-refractivity contribution < 1.29 is 0 Å². The average Bonchev–Trinajstić information content (AvgIpc) is 2.06. The highest BCUT2D eigenvalue weighted by Gasteiger charge is 2.27. The Morgan fingerprint density at radius 3 is 2.53 bits per heavy atom. The van der Waals surface area contributed by atoms with Crippen molar-refractivity contribution in [3.8, 4) is 0 Å². The van der Waals surface area contributed by atoms with Crippen LogP contribution in [0.5, 0.6) is 0 Å². The summed E-state index contributed by atoms with van der Waals surface area (Å²) in [6.07, 6.45) is 1.30. The number of hydrogen-bond donors (Lipinski definition) is 0. The molecule has 15 heavy (non-hydrogen) atoms. The van der Waals surface area contributed by atoms with Crippen LogP contribution in [0.4, 0.5) is 5.69 Å². The zero-order valence-corrected chi connectivity index (χ0v) is 11.3. The molecular weight excluding hydrogens is 250 g/mol. The van der Waals surface area contributed by atoms with Crippen molar-refractivity contribution in [2.75, 3.05) is 18.0 Å². The molecule has 0 amide bonds. The Morgan fingerprint density at radius 1 is 1.33 bits per heavy atom. The number of aryl methyl sites for hydroxylation is 2. The Hall–Kier alpha value is -0.500. The first-order chi connectivity index (χ1) is 7.11. The fourth-order valence-electron chi connectivity index (χ4n) is 2.32. The van der Waals surface area contributed by atoms with E-state index >= 15 is 0 Å². The van der Waals surface area contributed by atoms with Crippen LogP contribution >= 0.6 is 15.9 Å². The normalized spacial score (nSPS) is 16.7. The molecule has 0 bridgehead atoms. The highest BCUT2D eigenvalue weighted by molar-refractivity contribution is 9.10. The lowest BCUT2D eigenvalue weighted by Crippen LogP contribution is -2.46. The molecule has 0 radical (unpaired) electrons. The van der Waals surface area contributed by atoms with Crippen molar-refractivity contribution >= 4 is 21.6 Å².